The van der Waals surface area contributed by atoms with Gasteiger partial charge in [0.15, 0.2) is 0 Å². The van der Waals surface area contributed by atoms with Crippen molar-refractivity contribution in [3.05, 3.63) is 89.1 Å². The summed E-state index contributed by atoms with van der Waals surface area (Å²) in [6, 6.07) is 15.9. The maximum absolute atomic E-state index is 13.7. The van der Waals surface area contributed by atoms with E-state index in [0.29, 0.717) is 29.6 Å². The fourth-order valence-corrected chi connectivity index (χ4v) is 6.63. The van der Waals surface area contributed by atoms with Crippen molar-refractivity contribution in [3.63, 3.8) is 0 Å². The Morgan fingerprint density at radius 3 is 2.47 bits per heavy atom. The smallest absolute Gasteiger partial charge is 0.323 e. The van der Waals surface area contributed by atoms with E-state index >= 15 is 0 Å². The number of benzene rings is 1. The van der Waals surface area contributed by atoms with E-state index in [4.69, 9.17) is 9.97 Å². The van der Waals surface area contributed by atoms with Crippen LogP contribution in [0.5, 0.6) is 0 Å². The summed E-state index contributed by atoms with van der Waals surface area (Å²) in [5.41, 5.74) is 4.83. The number of carbonyl (C=O) groups is 1. The van der Waals surface area contributed by atoms with Gasteiger partial charge in [0.05, 0.1) is 33.5 Å². The summed E-state index contributed by atoms with van der Waals surface area (Å²) < 4.78 is 1.75. The van der Waals surface area contributed by atoms with Crippen molar-refractivity contribution in [1.82, 2.24) is 35.0 Å². The Labute approximate surface area is 266 Å². The van der Waals surface area contributed by atoms with Gasteiger partial charge in [0.25, 0.3) is 0 Å². The molecule has 2 amide bonds. The van der Waals surface area contributed by atoms with E-state index in [1.807, 2.05) is 69.6 Å². The molecule has 4 aromatic heterocycles. The van der Waals surface area contributed by atoms with E-state index in [1.54, 1.807) is 28.2 Å². The predicted octanol–water partition coefficient (Wildman–Crippen LogP) is 6.02. The fraction of sp³-hybridized carbons (Fsp3) is 0.303. The minimum Gasteiger partial charge on any atom is -0.351 e. The molecule has 6 rings (SSSR count). The molecule has 2 N–H and O–H groups in total. The summed E-state index contributed by atoms with van der Waals surface area (Å²) in [6.45, 7) is 4.30. The molecular weight excluding hydrogens is 584 g/mol. The van der Waals surface area contributed by atoms with Gasteiger partial charge in [-0.15, -0.1) is 11.3 Å². The molecule has 0 bridgehead atoms. The van der Waals surface area contributed by atoms with Gasteiger partial charge in [-0.1, -0.05) is 30.3 Å². The van der Waals surface area contributed by atoms with Crippen molar-refractivity contribution < 1.29 is 4.79 Å². The van der Waals surface area contributed by atoms with Crippen LogP contribution in [-0.2, 0) is 13.6 Å². The van der Waals surface area contributed by atoms with Gasteiger partial charge in [-0.25, -0.2) is 24.7 Å². The highest BCUT2D eigenvalue weighted by Crippen LogP contribution is 2.33. The Bertz CT molecular complexity index is 1820. The van der Waals surface area contributed by atoms with E-state index in [1.165, 1.54) is 11.3 Å². The molecule has 0 spiro atoms. The van der Waals surface area contributed by atoms with Gasteiger partial charge in [0.1, 0.15) is 17.6 Å². The number of nitriles is 1. The first-order valence-corrected chi connectivity index (χ1v) is 15.7. The van der Waals surface area contributed by atoms with Crippen molar-refractivity contribution in [2.45, 2.75) is 58.2 Å². The van der Waals surface area contributed by atoms with Gasteiger partial charge in [-0.05, 0) is 57.2 Å². The van der Waals surface area contributed by atoms with Gasteiger partial charge >= 0.3 is 6.03 Å². The zero-order chi connectivity index (χ0) is 31.3. The number of nitrogens with one attached hydrogen (secondary N) is 2. The predicted molar refractivity (Wildman–Crippen MR) is 175 cm³/mol. The third kappa shape index (κ3) is 6.84. The van der Waals surface area contributed by atoms with Crippen molar-refractivity contribution in [1.29, 1.82) is 5.26 Å². The van der Waals surface area contributed by atoms with Crippen LogP contribution in [0.1, 0.15) is 47.5 Å². The third-order valence-electron chi connectivity index (χ3n) is 7.96. The van der Waals surface area contributed by atoms with Gasteiger partial charge < -0.3 is 10.6 Å². The van der Waals surface area contributed by atoms with Gasteiger partial charge in [-0.2, -0.15) is 10.4 Å². The molecule has 1 aliphatic carbocycles. The number of hydrogen-bond acceptors (Lipinski definition) is 9. The van der Waals surface area contributed by atoms with E-state index in [0.717, 1.165) is 58.0 Å². The molecule has 0 saturated heterocycles. The molecule has 228 valence electrons. The van der Waals surface area contributed by atoms with Crippen LogP contribution >= 0.6 is 11.3 Å². The van der Waals surface area contributed by atoms with E-state index in [2.05, 4.69) is 31.8 Å². The Morgan fingerprint density at radius 2 is 1.82 bits per heavy atom. The lowest BCUT2D eigenvalue weighted by molar-refractivity contribution is 0.240. The molecule has 1 aliphatic rings. The molecule has 0 unspecified atom stereocenters. The fourth-order valence-electron chi connectivity index (χ4n) is 5.70. The average molecular weight is 619 g/mol. The molecule has 0 radical (unpaired) electrons. The highest BCUT2D eigenvalue weighted by Gasteiger charge is 2.31. The van der Waals surface area contributed by atoms with Crippen LogP contribution in [0.3, 0.4) is 0 Å². The van der Waals surface area contributed by atoms with Crippen LogP contribution in [-0.4, -0.2) is 47.8 Å². The SMILES string of the molecule is Cc1nc(C)c(-c2nc(NC3CCC(N(C(=O)NCc4ccccc4)c4ccc(-c5cnn(C)c5)cn4)CC3)ncc2C#N)s1. The largest absolute Gasteiger partial charge is 0.351 e. The molecule has 0 atom stereocenters. The van der Waals surface area contributed by atoms with Crippen LogP contribution in [0.15, 0.2) is 67.3 Å². The normalized spacial score (nSPS) is 16.1. The zero-order valence-electron chi connectivity index (χ0n) is 25.4. The molecule has 12 heteroatoms. The molecule has 0 aliphatic heterocycles. The quantitative estimate of drug-likeness (QED) is 0.215. The summed E-state index contributed by atoms with van der Waals surface area (Å²) in [7, 11) is 1.88. The van der Waals surface area contributed by atoms with Crippen LogP contribution in [0.4, 0.5) is 16.6 Å². The highest BCUT2D eigenvalue weighted by molar-refractivity contribution is 7.15. The number of nitrogens with zero attached hydrogens (tertiary/aromatic N) is 8. The van der Waals surface area contributed by atoms with Crippen molar-refractivity contribution in [3.8, 4) is 27.8 Å². The number of amides is 2. The van der Waals surface area contributed by atoms with E-state index < -0.39 is 0 Å². The first-order valence-electron chi connectivity index (χ1n) is 14.9. The number of pyridine rings is 1. The maximum Gasteiger partial charge on any atom is 0.323 e. The third-order valence-corrected chi connectivity index (χ3v) is 9.04. The zero-order valence-corrected chi connectivity index (χ0v) is 26.3. The summed E-state index contributed by atoms with van der Waals surface area (Å²) >= 11 is 1.53. The maximum atomic E-state index is 13.7. The monoisotopic (exact) mass is 618 g/mol. The number of rotatable bonds is 8. The molecule has 11 nitrogen and oxygen atoms in total. The van der Waals surface area contributed by atoms with Crippen molar-refractivity contribution >= 4 is 29.1 Å². The number of aromatic nitrogens is 6. The Balaban J connectivity index is 1.17. The van der Waals surface area contributed by atoms with Crippen molar-refractivity contribution in [2.75, 3.05) is 10.2 Å². The number of aryl methyl sites for hydroxylation is 3. The summed E-state index contributed by atoms with van der Waals surface area (Å²) in [6.07, 6.45) is 10.3. The van der Waals surface area contributed by atoms with Gasteiger partial charge in [-0.3, -0.25) is 9.58 Å². The van der Waals surface area contributed by atoms with E-state index in [9.17, 15) is 10.1 Å². The molecule has 1 saturated carbocycles. The lowest BCUT2D eigenvalue weighted by atomic mass is 9.90. The van der Waals surface area contributed by atoms with E-state index in [-0.39, 0.29) is 18.1 Å². The summed E-state index contributed by atoms with van der Waals surface area (Å²) in [5, 5.41) is 21.4. The number of thiazole rings is 1. The lowest BCUT2D eigenvalue weighted by Crippen LogP contribution is -2.49. The minimum absolute atomic E-state index is 0.0316. The molecule has 45 heavy (non-hydrogen) atoms. The topological polar surface area (TPSA) is 138 Å². The van der Waals surface area contributed by atoms with Gasteiger partial charge in [0.2, 0.25) is 5.95 Å². The molecule has 4 heterocycles. The molecule has 5 aromatic rings. The standard InChI is InChI=1S/C33H34N10OS/c1-21-31(45-22(2)39-21)30-25(15-34)18-36-32(41-30)40-27-10-12-28(13-11-27)43(33(44)37-16-23-7-5-4-6-8-23)29-14-9-24(17-35-29)26-19-38-42(3)20-26/h4-9,14,17-20,27-28H,10-13,16H2,1-3H3,(H,37,44)(H,36,40,41). The van der Waals surface area contributed by atoms with Crippen LogP contribution < -0.4 is 15.5 Å². The minimum atomic E-state index is -0.174. The lowest BCUT2D eigenvalue weighted by Gasteiger charge is -2.36. The number of anilines is 2. The number of carbonyl (C=O) groups excluding carboxylic acids is 1. The number of urea groups is 1. The molecule has 1 fully saturated rings. The second kappa shape index (κ2) is 13.2. The summed E-state index contributed by atoms with van der Waals surface area (Å²) in [4.78, 5) is 34.8. The second-order valence-electron chi connectivity index (χ2n) is 11.2. The Morgan fingerprint density at radius 1 is 1.02 bits per heavy atom. The van der Waals surface area contributed by atoms with Crippen LogP contribution in [0.25, 0.3) is 21.7 Å². The second-order valence-corrected chi connectivity index (χ2v) is 12.4. The highest BCUT2D eigenvalue weighted by atomic mass is 32.1. The van der Waals surface area contributed by atoms with Crippen LogP contribution in [0.2, 0.25) is 0 Å². The molecular formula is C33H34N10OS. The van der Waals surface area contributed by atoms with Crippen LogP contribution in [0, 0.1) is 25.2 Å². The van der Waals surface area contributed by atoms with Gasteiger partial charge in [0, 0.05) is 49.2 Å². The Kier molecular flexibility index (Phi) is 8.79. The Hall–Kier alpha value is -5.15. The van der Waals surface area contributed by atoms with Crippen molar-refractivity contribution in [2.24, 2.45) is 7.05 Å². The summed E-state index contributed by atoms with van der Waals surface area (Å²) in [5.74, 6) is 1.10. The molecule has 1 aromatic carbocycles. The average Bonchev–Trinajstić information content (AvgIpc) is 3.65. The number of hydrogen-bond donors (Lipinski definition) is 2. The first-order chi connectivity index (χ1) is 21.9. The first kappa shape index (κ1) is 29.9.